The minimum Gasteiger partial charge on any atom is -0.489 e. The molecule has 1 saturated heterocycles. The molecule has 7 heteroatoms. The fourth-order valence-electron chi connectivity index (χ4n) is 4.70. The van der Waals surface area contributed by atoms with Gasteiger partial charge in [-0.15, -0.1) is 0 Å². The van der Waals surface area contributed by atoms with Crippen molar-refractivity contribution in [2.24, 2.45) is 11.8 Å². The summed E-state index contributed by atoms with van der Waals surface area (Å²) in [7, 11) is 0. The number of esters is 2. The van der Waals surface area contributed by atoms with E-state index in [0.29, 0.717) is 5.57 Å². The fourth-order valence-corrected chi connectivity index (χ4v) is 4.70. The number of ether oxygens (including phenoxy) is 3. The molecule has 0 N–H and O–H groups in total. The summed E-state index contributed by atoms with van der Waals surface area (Å²) in [5.41, 5.74) is 3.18. The summed E-state index contributed by atoms with van der Waals surface area (Å²) in [6.45, 7) is 16.8. The maximum absolute atomic E-state index is 13.0. The van der Waals surface area contributed by atoms with Gasteiger partial charge in [-0.2, -0.15) is 0 Å². The summed E-state index contributed by atoms with van der Waals surface area (Å²) in [5, 5.41) is 0. The summed E-state index contributed by atoms with van der Waals surface area (Å²) >= 11 is 0. The van der Waals surface area contributed by atoms with Gasteiger partial charge in [0.15, 0.2) is 0 Å². The number of hydrogen-bond donors (Lipinski definition) is 0. The molecule has 1 fully saturated rings. The van der Waals surface area contributed by atoms with Crippen molar-refractivity contribution in [1.29, 1.82) is 0 Å². The second kappa shape index (κ2) is 11.9. The van der Waals surface area contributed by atoms with Crippen LogP contribution in [0.15, 0.2) is 42.1 Å². The summed E-state index contributed by atoms with van der Waals surface area (Å²) in [5.74, 6) is -1.20. The van der Waals surface area contributed by atoms with E-state index in [2.05, 4.69) is 19.6 Å². The van der Waals surface area contributed by atoms with Gasteiger partial charge in [0.1, 0.15) is 30.8 Å². The number of β-lactam (4-membered cyclic amide) rings is 1. The Morgan fingerprint density at radius 2 is 1.94 bits per heavy atom. The summed E-state index contributed by atoms with van der Waals surface area (Å²) < 4.78 is 16.7. The van der Waals surface area contributed by atoms with Crippen LogP contribution in [0.1, 0.15) is 52.7 Å². The quantitative estimate of drug-likeness (QED) is 0.302. The molecule has 1 aromatic carbocycles. The monoisotopic (exact) mass is 471 g/mol. The molecule has 0 aliphatic carbocycles. The second-order valence-electron chi connectivity index (χ2n) is 8.27. The van der Waals surface area contributed by atoms with E-state index in [1.165, 1.54) is 23.5 Å². The van der Waals surface area contributed by atoms with Gasteiger partial charge in [-0.3, -0.25) is 9.59 Å². The van der Waals surface area contributed by atoms with Crippen molar-refractivity contribution in [2.45, 2.75) is 67.0 Å². The van der Waals surface area contributed by atoms with E-state index in [1.807, 2.05) is 39.8 Å². The van der Waals surface area contributed by atoms with Crippen LogP contribution in [0.25, 0.3) is 0 Å². The smallest absolute Gasteiger partial charge is 0.355 e. The van der Waals surface area contributed by atoms with Crippen LogP contribution in [-0.2, 0) is 30.3 Å². The van der Waals surface area contributed by atoms with Gasteiger partial charge in [0.2, 0.25) is 5.91 Å². The van der Waals surface area contributed by atoms with E-state index in [0.717, 1.165) is 17.7 Å². The van der Waals surface area contributed by atoms with Crippen molar-refractivity contribution < 1.29 is 28.6 Å². The van der Waals surface area contributed by atoms with Crippen LogP contribution in [0.5, 0.6) is 5.75 Å². The van der Waals surface area contributed by atoms with Crippen LogP contribution in [0.2, 0.25) is 0 Å². The minimum atomic E-state index is -0.585. The summed E-state index contributed by atoms with van der Waals surface area (Å²) in [4.78, 5) is 38.8. The Labute approximate surface area is 202 Å². The first kappa shape index (κ1) is 27.2. The molecule has 4 atom stereocenters. The van der Waals surface area contributed by atoms with Gasteiger partial charge >= 0.3 is 11.9 Å². The zero-order chi connectivity index (χ0) is 25.6. The lowest BCUT2D eigenvalue weighted by Gasteiger charge is -2.47. The average molecular weight is 472 g/mol. The third kappa shape index (κ3) is 5.18. The minimum absolute atomic E-state index is 0.0441. The van der Waals surface area contributed by atoms with Gasteiger partial charge in [-0.1, -0.05) is 52.5 Å². The Morgan fingerprint density at radius 3 is 2.53 bits per heavy atom. The summed E-state index contributed by atoms with van der Waals surface area (Å²) in [6, 6.07) is 5.62. The molecule has 186 valence electrons. The normalized spacial score (nSPS) is 21.6. The van der Waals surface area contributed by atoms with E-state index in [4.69, 9.17) is 14.2 Å². The van der Waals surface area contributed by atoms with Crippen molar-refractivity contribution >= 4 is 17.8 Å². The molecule has 0 saturated carbocycles. The lowest BCUT2D eigenvalue weighted by atomic mass is 9.77. The molecule has 0 bridgehead atoms. The number of amides is 1. The molecular formula is C27H37NO6. The fraction of sp³-hybridized carbons (Fsp3) is 0.519. The van der Waals surface area contributed by atoms with Crippen molar-refractivity contribution in [3.05, 3.63) is 53.3 Å². The SMILES string of the molecule is C=CCOC(=O)C1=C(COc2cccc(CC)c2C)C(C)[C@@H]2C(C(C)OC(C)=O)C(=O)N12.CC. The topological polar surface area (TPSA) is 82.1 Å². The maximum atomic E-state index is 13.0. The van der Waals surface area contributed by atoms with Crippen molar-refractivity contribution in [1.82, 2.24) is 4.90 Å². The number of hydrogen-bond acceptors (Lipinski definition) is 6. The number of carbonyl (C=O) groups excluding carboxylic acids is 3. The molecule has 3 rings (SSSR count). The molecule has 34 heavy (non-hydrogen) atoms. The number of carbonyl (C=O) groups is 3. The molecule has 0 radical (unpaired) electrons. The molecule has 1 aromatic rings. The number of benzene rings is 1. The van der Waals surface area contributed by atoms with Crippen LogP contribution in [0.3, 0.4) is 0 Å². The predicted octanol–water partition coefficient (Wildman–Crippen LogP) is 4.37. The van der Waals surface area contributed by atoms with E-state index >= 15 is 0 Å². The van der Waals surface area contributed by atoms with Crippen LogP contribution >= 0.6 is 0 Å². The first-order valence-electron chi connectivity index (χ1n) is 11.9. The molecule has 7 nitrogen and oxygen atoms in total. The Hall–Kier alpha value is -3.09. The lowest BCUT2D eigenvalue weighted by molar-refractivity contribution is -0.171. The highest BCUT2D eigenvalue weighted by molar-refractivity contribution is 6.01. The standard InChI is InChI=1S/C25H31NO6.C2H6/c1-7-12-30-25(29)23-19(13-31-20-11-9-10-18(8-2)14(20)3)15(4)22-21(24(28)26(22)23)16(5)32-17(6)27;1-2/h7,9-11,15-16,21-22H,1,8,12-13H2,2-6H3;1-2H3/t15?,16?,21?,22-;/m1./s1. The molecule has 3 unspecified atom stereocenters. The van der Waals surface area contributed by atoms with E-state index in [1.54, 1.807) is 6.92 Å². The first-order valence-corrected chi connectivity index (χ1v) is 11.9. The van der Waals surface area contributed by atoms with Gasteiger partial charge in [0.05, 0.1) is 12.0 Å². The highest BCUT2D eigenvalue weighted by Crippen LogP contribution is 2.48. The molecule has 2 heterocycles. The van der Waals surface area contributed by atoms with Gasteiger partial charge in [-0.05, 0) is 37.5 Å². The summed E-state index contributed by atoms with van der Waals surface area (Å²) in [6.07, 6.45) is 1.78. The van der Waals surface area contributed by atoms with Crippen LogP contribution < -0.4 is 4.74 Å². The molecule has 2 aliphatic rings. The van der Waals surface area contributed by atoms with E-state index in [-0.39, 0.29) is 36.8 Å². The van der Waals surface area contributed by atoms with Gasteiger partial charge in [0, 0.05) is 18.4 Å². The third-order valence-electron chi connectivity index (χ3n) is 6.34. The largest absolute Gasteiger partial charge is 0.489 e. The number of aryl methyl sites for hydroxylation is 1. The highest BCUT2D eigenvalue weighted by atomic mass is 16.5. The average Bonchev–Trinajstić information content (AvgIpc) is 3.05. The highest BCUT2D eigenvalue weighted by Gasteiger charge is 2.61. The Bertz CT molecular complexity index is 966. The number of fused-ring (bicyclic) bond motifs is 1. The lowest BCUT2D eigenvalue weighted by Crippen LogP contribution is -2.64. The van der Waals surface area contributed by atoms with Crippen LogP contribution in [0.4, 0.5) is 0 Å². The predicted molar refractivity (Wildman–Crippen MR) is 130 cm³/mol. The molecule has 0 aromatic heterocycles. The van der Waals surface area contributed by atoms with Crippen LogP contribution in [-0.4, -0.2) is 48.1 Å². The van der Waals surface area contributed by atoms with Gasteiger partial charge in [-0.25, -0.2) is 4.79 Å². The van der Waals surface area contributed by atoms with Crippen molar-refractivity contribution in [3.63, 3.8) is 0 Å². The van der Waals surface area contributed by atoms with E-state index < -0.39 is 24.0 Å². The second-order valence-corrected chi connectivity index (χ2v) is 8.27. The number of rotatable bonds is 9. The molecular weight excluding hydrogens is 434 g/mol. The van der Waals surface area contributed by atoms with Gasteiger partial charge in [0.25, 0.3) is 0 Å². The molecule has 0 spiro atoms. The maximum Gasteiger partial charge on any atom is 0.355 e. The Morgan fingerprint density at radius 1 is 1.26 bits per heavy atom. The van der Waals surface area contributed by atoms with Crippen molar-refractivity contribution in [2.75, 3.05) is 13.2 Å². The first-order chi connectivity index (χ1) is 16.2. The van der Waals surface area contributed by atoms with E-state index in [9.17, 15) is 14.4 Å². The Balaban J connectivity index is 0.00000199. The van der Waals surface area contributed by atoms with Gasteiger partial charge < -0.3 is 19.1 Å². The number of nitrogens with zero attached hydrogens (tertiary/aromatic N) is 1. The zero-order valence-corrected chi connectivity index (χ0v) is 21.3. The Kier molecular flexibility index (Phi) is 9.47. The van der Waals surface area contributed by atoms with Crippen LogP contribution in [0, 0.1) is 18.8 Å². The molecule has 1 amide bonds. The zero-order valence-electron chi connectivity index (χ0n) is 21.3. The van der Waals surface area contributed by atoms with Crippen molar-refractivity contribution in [3.8, 4) is 5.75 Å². The third-order valence-corrected chi connectivity index (χ3v) is 6.34. The molecule has 2 aliphatic heterocycles.